The molecule has 0 bridgehead atoms. The van der Waals surface area contributed by atoms with Crippen LogP contribution in [0.1, 0.15) is 45.2 Å². The predicted molar refractivity (Wildman–Crippen MR) is 165 cm³/mol. The molecule has 41 heavy (non-hydrogen) atoms. The number of carbonyl (C=O) groups excluding carboxylic acids is 2. The summed E-state index contributed by atoms with van der Waals surface area (Å²) in [7, 11) is 0. The fourth-order valence-corrected chi connectivity index (χ4v) is 6.86. The topological polar surface area (TPSA) is 75.2 Å². The van der Waals surface area contributed by atoms with Gasteiger partial charge in [-0.05, 0) is 65.0 Å². The molecule has 3 heterocycles. The fraction of sp³-hybridized carbons (Fsp3) is 0.516. The van der Waals surface area contributed by atoms with E-state index in [-0.39, 0.29) is 37.0 Å². The van der Waals surface area contributed by atoms with Crippen LogP contribution in [0, 0.1) is 11.3 Å². The van der Waals surface area contributed by atoms with Crippen LogP contribution < -0.4 is 9.80 Å². The van der Waals surface area contributed by atoms with Crippen molar-refractivity contribution in [3.05, 3.63) is 52.5 Å². The van der Waals surface area contributed by atoms with Gasteiger partial charge in [0.15, 0.2) is 6.73 Å². The summed E-state index contributed by atoms with van der Waals surface area (Å²) in [5.74, 6) is 1.19. The molecule has 0 saturated carbocycles. The number of halogens is 1. The zero-order valence-electron chi connectivity index (χ0n) is 24.3. The molecule has 2 aliphatic rings. The van der Waals surface area contributed by atoms with Crippen LogP contribution in [0.4, 0.5) is 16.3 Å². The molecule has 1 unspecified atom stereocenters. The van der Waals surface area contributed by atoms with Crippen LogP contribution in [0.15, 0.2) is 36.4 Å². The zero-order valence-corrected chi connectivity index (χ0v) is 25.9. The van der Waals surface area contributed by atoms with Crippen LogP contribution >= 0.6 is 23.1 Å². The van der Waals surface area contributed by atoms with Gasteiger partial charge >= 0.3 is 6.16 Å². The van der Waals surface area contributed by atoms with E-state index in [1.165, 1.54) is 15.0 Å². The van der Waals surface area contributed by atoms with Crippen molar-refractivity contribution in [2.45, 2.75) is 47.0 Å². The maximum atomic E-state index is 12.7. The third kappa shape index (κ3) is 7.31. The molecular formula is C31H39ClN4O4S. The summed E-state index contributed by atoms with van der Waals surface area (Å²) in [6.07, 6.45) is 1.23. The van der Waals surface area contributed by atoms with Gasteiger partial charge < -0.3 is 14.4 Å². The molecule has 1 atom stereocenters. The number of amides is 1. The standard InChI is InChI=1S/C31H39ClN4O4S/c1-21(18-31(2,3)4)19-39-30(38)40-20-36-26-17-25(32)22(15-23(26)16-28(36)37)9-10-34-11-13-35(14-12-34)29-24-7-5-6-8-27(24)41-33-29/h5-8,15,17,21H,9-14,16,18-20H2,1-4H3. The van der Waals surface area contributed by atoms with Gasteiger partial charge in [0.25, 0.3) is 0 Å². The molecule has 0 aliphatic carbocycles. The number of hydrogen-bond acceptors (Lipinski definition) is 8. The lowest BCUT2D eigenvalue weighted by Crippen LogP contribution is -2.47. The number of anilines is 2. The first-order valence-corrected chi connectivity index (χ1v) is 15.5. The third-order valence-electron chi connectivity index (χ3n) is 7.67. The smallest absolute Gasteiger partial charge is 0.434 e. The Morgan fingerprint density at radius 2 is 1.88 bits per heavy atom. The van der Waals surface area contributed by atoms with E-state index < -0.39 is 6.16 Å². The van der Waals surface area contributed by atoms with Crippen LogP contribution in [-0.4, -0.2) is 67.4 Å². The number of carbonyl (C=O) groups is 2. The van der Waals surface area contributed by atoms with Crippen molar-refractivity contribution in [1.82, 2.24) is 9.27 Å². The van der Waals surface area contributed by atoms with E-state index >= 15 is 0 Å². The summed E-state index contributed by atoms with van der Waals surface area (Å²) in [5.41, 5.74) is 2.79. The van der Waals surface area contributed by atoms with E-state index in [9.17, 15) is 9.59 Å². The van der Waals surface area contributed by atoms with Crippen LogP contribution in [0.25, 0.3) is 10.1 Å². The van der Waals surface area contributed by atoms with Crippen molar-refractivity contribution in [1.29, 1.82) is 0 Å². The summed E-state index contributed by atoms with van der Waals surface area (Å²) in [6.45, 7) is 13.3. The Hall–Kier alpha value is -2.88. The highest BCUT2D eigenvalue weighted by Crippen LogP contribution is 2.35. The van der Waals surface area contributed by atoms with Crippen LogP contribution in [0.5, 0.6) is 0 Å². The SMILES string of the molecule is CC(COC(=O)OCN1C(=O)Cc2cc(CCN3CCN(c4nsc5ccccc45)CC3)c(Cl)cc21)CC(C)(C)C. The van der Waals surface area contributed by atoms with Gasteiger partial charge in [0, 0.05) is 43.1 Å². The largest absolute Gasteiger partial charge is 0.510 e. The van der Waals surface area contributed by atoms with E-state index in [1.807, 2.05) is 19.1 Å². The van der Waals surface area contributed by atoms with Crippen molar-refractivity contribution in [2.75, 3.05) is 55.9 Å². The monoisotopic (exact) mass is 598 g/mol. The third-order valence-corrected chi connectivity index (χ3v) is 8.84. The number of ether oxygens (including phenoxy) is 2. The predicted octanol–water partition coefficient (Wildman–Crippen LogP) is 6.39. The van der Waals surface area contributed by atoms with Crippen LogP contribution in [-0.2, 0) is 27.1 Å². The summed E-state index contributed by atoms with van der Waals surface area (Å²) < 4.78 is 16.5. The molecule has 1 amide bonds. The van der Waals surface area contributed by atoms with Crippen LogP contribution in [0.3, 0.4) is 0 Å². The van der Waals surface area contributed by atoms with Gasteiger partial charge in [0.1, 0.15) is 5.82 Å². The number of nitrogens with zero attached hydrogens (tertiary/aromatic N) is 4. The molecule has 8 nitrogen and oxygen atoms in total. The normalized spacial score (nSPS) is 16.8. The first-order chi connectivity index (χ1) is 19.6. The zero-order chi connectivity index (χ0) is 29.1. The maximum Gasteiger partial charge on any atom is 0.510 e. The quantitative estimate of drug-likeness (QED) is 0.264. The lowest BCUT2D eigenvalue weighted by molar-refractivity contribution is -0.118. The molecule has 0 N–H and O–H groups in total. The molecule has 3 aromatic rings. The lowest BCUT2D eigenvalue weighted by Gasteiger charge is -2.35. The second-order valence-corrected chi connectivity index (χ2v) is 13.6. The Balaban J connectivity index is 1.11. The minimum Gasteiger partial charge on any atom is -0.434 e. The van der Waals surface area contributed by atoms with E-state index in [0.29, 0.717) is 10.7 Å². The van der Waals surface area contributed by atoms with Crippen molar-refractivity contribution < 1.29 is 19.1 Å². The molecule has 2 aromatic carbocycles. The lowest BCUT2D eigenvalue weighted by atomic mass is 9.86. The minimum atomic E-state index is -0.766. The Labute approximate surface area is 251 Å². The van der Waals surface area contributed by atoms with Gasteiger partial charge in [-0.3, -0.25) is 14.6 Å². The maximum absolute atomic E-state index is 12.7. The van der Waals surface area contributed by atoms with Gasteiger partial charge in [-0.15, -0.1) is 0 Å². The average molecular weight is 599 g/mol. The molecule has 1 aromatic heterocycles. The fourth-order valence-electron chi connectivity index (χ4n) is 5.81. The van der Waals surface area contributed by atoms with Crippen molar-refractivity contribution in [3.63, 3.8) is 0 Å². The number of rotatable bonds is 9. The number of hydrogen-bond donors (Lipinski definition) is 0. The Bertz CT molecular complexity index is 1400. The first kappa shape index (κ1) is 29.6. The van der Waals surface area contributed by atoms with Gasteiger partial charge in [0.2, 0.25) is 5.91 Å². The molecule has 10 heteroatoms. The highest BCUT2D eigenvalue weighted by atomic mass is 35.5. The van der Waals surface area contributed by atoms with Gasteiger partial charge in [-0.2, -0.15) is 4.37 Å². The van der Waals surface area contributed by atoms with Gasteiger partial charge in [-0.1, -0.05) is 57.5 Å². The number of piperazine rings is 1. The minimum absolute atomic E-state index is 0.118. The molecule has 0 spiro atoms. The molecule has 0 radical (unpaired) electrons. The van der Waals surface area contributed by atoms with E-state index in [4.69, 9.17) is 25.4 Å². The molecule has 5 rings (SSSR count). The number of benzene rings is 2. The average Bonchev–Trinajstić information content (AvgIpc) is 3.49. The van der Waals surface area contributed by atoms with Gasteiger partial charge in [0.05, 0.1) is 23.4 Å². The highest BCUT2D eigenvalue weighted by Gasteiger charge is 2.30. The molecule has 1 fully saturated rings. The van der Waals surface area contributed by atoms with E-state index in [2.05, 4.69) is 54.8 Å². The van der Waals surface area contributed by atoms with Crippen LogP contribution in [0.2, 0.25) is 5.02 Å². The first-order valence-electron chi connectivity index (χ1n) is 14.3. The Morgan fingerprint density at radius 3 is 2.63 bits per heavy atom. The Kier molecular flexibility index (Phi) is 9.06. The van der Waals surface area contributed by atoms with E-state index in [0.717, 1.165) is 62.5 Å². The molecule has 2 aliphatic heterocycles. The highest BCUT2D eigenvalue weighted by molar-refractivity contribution is 7.13. The summed E-state index contributed by atoms with van der Waals surface area (Å²) >= 11 is 8.24. The van der Waals surface area contributed by atoms with E-state index in [1.54, 1.807) is 11.5 Å². The second-order valence-electron chi connectivity index (χ2n) is 12.4. The number of aromatic nitrogens is 1. The van der Waals surface area contributed by atoms with Crippen molar-refractivity contribution >= 4 is 56.8 Å². The summed E-state index contributed by atoms with van der Waals surface area (Å²) in [4.78, 5) is 31.2. The molecule has 1 saturated heterocycles. The molecular weight excluding hydrogens is 560 g/mol. The van der Waals surface area contributed by atoms with Gasteiger partial charge in [-0.25, -0.2) is 4.79 Å². The Morgan fingerprint density at radius 1 is 1.12 bits per heavy atom. The second kappa shape index (κ2) is 12.5. The molecule has 220 valence electrons. The van der Waals surface area contributed by atoms with Crippen molar-refractivity contribution in [2.24, 2.45) is 11.3 Å². The number of fused-ring (bicyclic) bond motifs is 2. The summed E-state index contributed by atoms with van der Waals surface area (Å²) in [5, 5.41) is 1.85. The van der Waals surface area contributed by atoms with Crippen molar-refractivity contribution in [3.8, 4) is 0 Å². The summed E-state index contributed by atoms with van der Waals surface area (Å²) in [6, 6.07) is 12.2.